The summed E-state index contributed by atoms with van der Waals surface area (Å²) in [5.41, 5.74) is 2.37. The van der Waals surface area contributed by atoms with Crippen molar-refractivity contribution in [2.45, 2.75) is 19.9 Å². The van der Waals surface area contributed by atoms with Crippen LogP contribution in [-0.2, 0) is 4.79 Å². The van der Waals surface area contributed by atoms with Crippen molar-refractivity contribution < 1.29 is 9.59 Å². The molecule has 1 heterocycles. The fourth-order valence-corrected chi connectivity index (χ4v) is 3.72. The number of carbonyl (C=O) groups excluding carboxylic acids is 2. The average molecular weight is 420 g/mol. The zero-order valence-corrected chi connectivity index (χ0v) is 17.4. The van der Waals surface area contributed by atoms with Crippen molar-refractivity contribution in [3.63, 3.8) is 0 Å². The van der Waals surface area contributed by atoms with Crippen LogP contribution < -0.4 is 10.2 Å². The van der Waals surface area contributed by atoms with Gasteiger partial charge in [0, 0.05) is 42.5 Å². The maximum Gasteiger partial charge on any atom is 0.241 e. The molecule has 0 unspecified atom stereocenters. The summed E-state index contributed by atoms with van der Waals surface area (Å²) in [5, 5.41) is 3.83. The van der Waals surface area contributed by atoms with Crippen LogP contribution in [0.3, 0.4) is 0 Å². The number of amides is 1. The van der Waals surface area contributed by atoms with E-state index in [0.717, 1.165) is 31.9 Å². The van der Waals surface area contributed by atoms with Gasteiger partial charge in [-0.15, -0.1) is 0 Å². The Morgan fingerprint density at radius 1 is 1.00 bits per heavy atom. The molecule has 0 spiro atoms. The summed E-state index contributed by atoms with van der Waals surface area (Å²) < 4.78 is 0. The summed E-state index contributed by atoms with van der Waals surface area (Å²) in [6.45, 7) is 6.65. The lowest BCUT2D eigenvalue weighted by Crippen LogP contribution is -2.52. The molecule has 1 aliphatic heterocycles. The molecule has 1 amide bonds. The Hall–Kier alpha value is -2.08. The molecule has 28 heavy (non-hydrogen) atoms. The number of nitrogens with zero attached hydrogens (tertiary/aromatic N) is 2. The lowest BCUT2D eigenvalue weighted by atomic mass is 10.1. The Bertz CT molecular complexity index is 862. The SMILES string of the molecule is CC(=O)c1ccc(N2CCN([C@@H](C)C(=O)Nc3ccc(Cl)cc3Cl)CC2)cc1. The van der Waals surface area contributed by atoms with E-state index in [1.165, 1.54) is 0 Å². The highest BCUT2D eigenvalue weighted by molar-refractivity contribution is 6.36. The topological polar surface area (TPSA) is 52.7 Å². The summed E-state index contributed by atoms with van der Waals surface area (Å²) in [4.78, 5) is 28.4. The van der Waals surface area contributed by atoms with E-state index in [9.17, 15) is 9.59 Å². The van der Waals surface area contributed by atoms with Gasteiger partial charge in [0.05, 0.1) is 16.8 Å². The Morgan fingerprint density at radius 2 is 1.64 bits per heavy atom. The van der Waals surface area contributed by atoms with Gasteiger partial charge in [0.2, 0.25) is 5.91 Å². The van der Waals surface area contributed by atoms with Gasteiger partial charge in [-0.25, -0.2) is 0 Å². The molecular weight excluding hydrogens is 397 g/mol. The van der Waals surface area contributed by atoms with Gasteiger partial charge in [0.1, 0.15) is 0 Å². The van der Waals surface area contributed by atoms with Crippen molar-refractivity contribution in [1.82, 2.24) is 4.90 Å². The first kappa shape index (κ1) is 20.6. The normalized spacial score (nSPS) is 15.9. The van der Waals surface area contributed by atoms with Gasteiger partial charge < -0.3 is 10.2 Å². The molecule has 2 aromatic carbocycles. The first-order valence-corrected chi connectivity index (χ1v) is 9.96. The molecule has 5 nitrogen and oxygen atoms in total. The Morgan fingerprint density at radius 3 is 2.21 bits per heavy atom. The third kappa shape index (κ3) is 4.85. The summed E-state index contributed by atoms with van der Waals surface area (Å²) in [5.74, 6) is -0.0273. The van der Waals surface area contributed by atoms with Gasteiger partial charge in [-0.3, -0.25) is 14.5 Å². The van der Waals surface area contributed by atoms with Crippen LogP contribution in [0.15, 0.2) is 42.5 Å². The fourth-order valence-electron chi connectivity index (χ4n) is 3.27. The second-order valence-corrected chi connectivity index (χ2v) is 7.76. The minimum atomic E-state index is -0.269. The zero-order valence-electron chi connectivity index (χ0n) is 15.9. The second kappa shape index (κ2) is 8.95. The van der Waals surface area contributed by atoms with E-state index in [2.05, 4.69) is 15.1 Å². The molecule has 7 heteroatoms. The molecule has 1 saturated heterocycles. The first-order valence-electron chi connectivity index (χ1n) is 9.21. The van der Waals surface area contributed by atoms with Crippen LogP contribution in [0.2, 0.25) is 10.0 Å². The Balaban J connectivity index is 1.56. The van der Waals surface area contributed by atoms with Crippen LogP contribution in [0.5, 0.6) is 0 Å². The fraction of sp³-hybridized carbons (Fsp3) is 0.333. The molecule has 1 fully saturated rings. The Labute approximate surface area is 175 Å². The van der Waals surface area contributed by atoms with Gasteiger partial charge >= 0.3 is 0 Å². The van der Waals surface area contributed by atoms with Gasteiger partial charge in [0.15, 0.2) is 5.78 Å². The lowest BCUT2D eigenvalue weighted by Gasteiger charge is -2.38. The number of hydrogen-bond acceptors (Lipinski definition) is 4. The monoisotopic (exact) mass is 419 g/mol. The third-order valence-electron chi connectivity index (χ3n) is 5.07. The maximum absolute atomic E-state index is 12.6. The molecule has 0 aliphatic carbocycles. The van der Waals surface area contributed by atoms with Crippen molar-refractivity contribution in [2.75, 3.05) is 36.4 Å². The molecule has 0 aromatic heterocycles. The molecule has 1 atom stereocenters. The van der Waals surface area contributed by atoms with Gasteiger partial charge in [0.25, 0.3) is 0 Å². The average Bonchev–Trinajstić information content (AvgIpc) is 2.69. The first-order chi connectivity index (χ1) is 13.3. The van der Waals surface area contributed by atoms with Crippen molar-refractivity contribution in [1.29, 1.82) is 0 Å². The number of nitrogens with one attached hydrogen (secondary N) is 1. The molecule has 0 radical (unpaired) electrons. The van der Waals surface area contributed by atoms with E-state index in [-0.39, 0.29) is 17.7 Å². The number of carbonyl (C=O) groups is 2. The van der Waals surface area contributed by atoms with Crippen molar-refractivity contribution in [3.8, 4) is 0 Å². The largest absolute Gasteiger partial charge is 0.369 e. The molecule has 1 N–H and O–H groups in total. The van der Waals surface area contributed by atoms with Gasteiger partial charge in [-0.2, -0.15) is 0 Å². The molecule has 2 aromatic rings. The minimum Gasteiger partial charge on any atom is -0.369 e. The van der Waals surface area contributed by atoms with Crippen LogP contribution in [0.25, 0.3) is 0 Å². The zero-order chi connectivity index (χ0) is 20.3. The standard InChI is InChI=1S/C21H23Cl2N3O2/c1-14(21(28)24-20-8-5-17(22)13-19(20)23)25-9-11-26(12-10-25)18-6-3-16(4-7-18)15(2)27/h3-8,13-14H,9-12H2,1-2H3,(H,24,28)/t14-/m0/s1. The van der Waals surface area contributed by atoms with Gasteiger partial charge in [-0.05, 0) is 56.3 Å². The number of benzene rings is 2. The minimum absolute atomic E-state index is 0.0667. The van der Waals surface area contributed by atoms with Crippen LogP contribution in [0, 0.1) is 0 Å². The van der Waals surface area contributed by atoms with E-state index < -0.39 is 0 Å². The van der Waals surface area contributed by atoms with Crippen molar-refractivity contribution in [3.05, 3.63) is 58.1 Å². The summed E-state index contributed by atoms with van der Waals surface area (Å²) >= 11 is 12.0. The summed E-state index contributed by atoms with van der Waals surface area (Å²) in [6.07, 6.45) is 0. The predicted octanol–water partition coefficient (Wildman–Crippen LogP) is 4.35. The van der Waals surface area contributed by atoms with Crippen molar-refractivity contribution in [2.24, 2.45) is 0 Å². The number of Topliss-reactive ketones (excluding diaryl/α,β-unsaturated/α-hetero) is 1. The number of ketones is 1. The molecular formula is C21H23Cl2N3O2. The quantitative estimate of drug-likeness (QED) is 0.731. The smallest absolute Gasteiger partial charge is 0.241 e. The van der Waals surface area contributed by atoms with E-state index in [0.29, 0.717) is 21.3 Å². The summed E-state index contributed by atoms with van der Waals surface area (Å²) in [6, 6.07) is 12.4. The molecule has 148 valence electrons. The van der Waals surface area contributed by atoms with Crippen LogP contribution in [-0.4, -0.2) is 48.8 Å². The van der Waals surface area contributed by atoms with E-state index in [1.54, 1.807) is 25.1 Å². The van der Waals surface area contributed by atoms with E-state index in [1.807, 2.05) is 31.2 Å². The third-order valence-corrected chi connectivity index (χ3v) is 5.62. The second-order valence-electron chi connectivity index (χ2n) is 6.92. The number of anilines is 2. The molecule has 0 saturated carbocycles. The molecule has 1 aliphatic rings. The van der Waals surface area contributed by atoms with Crippen LogP contribution in [0.4, 0.5) is 11.4 Å². The number of hydrogen-bond donors (Lipinski definition) is 1. The van der Waals surface area contributed by atoms with Crippen molar-refractivity contribution >= 4 is 46.3 Å². The lowest BCUT2D eigenvalue weighted by molar-refractivity contribution is -0.120. The summed E-state index contributed by atoms with van der Waals surface area (Å²) in [7, 11) is 0. The highest BCUT2D eigenvalue weighted by Crippen LogP contribution is 2.26. The van der Waals surface area contributed by atoms with Gasteiger partial charge in [-0.1, -0.05) is 23.2 Å². The van der Waals surface area contributed by atoms with E-state index >= 15 is 0 Å². The number of piperazine rings is 1. The predicted molar refractivity (Wildman–Crippen MR) is 115 cm³/mol. The highest BCUT2D eigenvalue weighted by Gasteiger charge is 2.26. The molecule has 0 bridgehead atoms. The highest BCUT2D eigenvalue weighted by atomic mass is 35.5. The van der Waals surface area contributed by atoms with E-state index in [4.69, 9.17) is 23.2 Å². The molecule has 3 rings (SSSR count). The number of rotatable bonds is 5. The van der Waals surface area contributed by atoms with Crippen LogP contribution >= 0.6 is 23.2 Å². The maximum atomic E-state index is 12.6. The Kier molecular flexibility index (Phi) is 6.60. The number of halogens is 2. The van der Waals surface area contributed by atoms with Crippen LogP contribution in [0.1, 0.15) is 24.2 Å².